The molecule has 0 radical (unpaired) electrons. The molecule has 0 fully saturated rings. The quantitative estimate of drug-likeness (QED) is 0.844. The molecule has 0 aliphatic rings. The largest absolute Gasteiger partial charge is 0.344 e. The summed E-state index contributed by atoms with van der Waals surface area (Å²) in [6.45, 7) is 0. The highest BCUT2D eigenvalue weighted by atomic mass is 79.9. The van der Waals surface area contributed by atoms with Gasteiger partial charge in [0, 0.05) is 22.4 Å². The molecule has 1 heterocycles. The van der Waals surface area contributed by atoms with Crippen LogP contribution in [0.2, 0.25) is 0 Å². The van der Waals surface area contributed by atoms with Crippen molar-refractivity contribution in [3.8, 4) is 11.1 Å². The van der Waals surface area contributed by atoms with Crippen LogP contribution in [-0.4, -0.2) is 9.97 Å². The number of halogens is 1. The lowest BCUT2D eigenvalue weighted by atomic mass is 10.1. The van der Waals surface area contributed by atoms with Crippen LogP contribution < -0.4 is 5.69 Å². The van der Waals surface area contributed by atoms with E-state index < -0.39 is 0 Å². The zero-order chi connectivity index (χ0) is 9.97. The first-order valence-electron chi connectivity index (χ1n) is 4.07. The molecular formula is C10H7BrN2O. The maximum atomic E-state index is 10.8. The van der Waals surface area contributed by atoms with Crippen molar-refractivity contribution in [3.05, 3.63) is 51.6 Å². The molecule has 3 nitrogen and oxygen atoms in total. The van der Waals surface area contributed by atoms with Gasteiger partial charge in [0.1, 0.15) is 0 Å². The molecule has 4 heteroatoms. The Bertz CT molecular complexity index is 487. The van der Waals surface area contributed by atoms with Crippen molar-refractivity contribution in [2.24, 2.45) is 0 Å². The molecule has 1 aromatic carbocycles. The molecule has 0 spiro atoms. The highest BCUT2D eigenvalue weighted by Crippen LogP contribution is 2.25. The van der Waals surface area contributed by atoms with E-state index in [9.17, 15) is 4.79 Å². The minimum absolute atomic E-state index is 0.333. The molecule has 0 bridgehead atoms. The third-order valence-corrected chi connectivity index (χ3v) is 2.55. The Morgan fingerprint density at radius 3 is 2.71 bits per heavy atom. The molecule has 2 aromatic rings. The number of rotatable bonds is 1. The van der Waals surface area contributed by atoms with E-state index in [1.54, 1.807) is 12.4 Å². The fourth-order valence-electron chi connectivity index (χ4n) is 1.18. The molecular weight excluding hydrogens is 244 g/mol. The van der Waals surface area contributed by atoms with Gasteiger partial charge < -0.3 is 4.98 Å². The Hall–Kier alpha value is -1.42. The highest BCUT2D eigenvalue weighted by Gasteiger charge is 2.01. The third-order valence-electron chi connectivity index (χ3n) is 1.86. The number of aromatic amines is 1. The Morgan fingerprint density at radius 2 is 2.07 bits per heavy atom. The lowest BCUT2D eigenvalue weighted by Gasteiger charge is -2.01. The molecule has 0 amide bonds. The molecule has 1 aromatic heterocycles. The van der Waals surface area contributed by atoms with E-state index >= 15 is 0 Å². The van der Waals surface area contributed by atoms with Crippen molar-refractivity contribution in [3.63, 3.8) is 0 Å². The first-order chi connectivity index (χ1) is 6.77. The molecule has 0 saturated heterocycles. The molecule has 0 atom stereocenters. The van der Waals surface area contributed by atoms with Gasteiger partial charge in [-0.15, -0.1) is 0 Å². The summed E-state index contributed by atoms with van der Waals surface area (Å²) in [7, 11) is 0. The smallest absolute Gasteiger partial charge is 0.312 e. The van der Waals surface area contributed by atoms with E-state index in [4.69, 9.17) is 0 Å². The minimum atomic E-state index is -0.333. The Labute approximate surface area is 89.0 Å². The van der Waals surface area contributed by atoms with Crippen LogP contribution in [0.15, 0.2) is 45.9 Å². The summed E-state index contributed by atoms with van der Waals surface area (Å²) in [4.78, 5) is 17.0. The molecule has 0 unspecified atom stereocenters. The van der Waals surface area contributed by atoms with Gasteiger partial charge >= 0.3 is 5.69 Å². The van der Waals surface area contributed by atoms with Crippen molar-refractivity contribution >= 4 is 15.9 Å². The average molecular weight is 251 g/mol. The average Bonchev–Trinajstić information content (AvgIpc) is 2.20. The van der Waals surface area contributed by atoms with Crippen molar-refractivity contribution in [2.45, 2.75) is 0 Å². The molecule has 0 aliphatic carbocycles. The molecule has 70 valence electrons. The van der Waals surface area contributed by atoms with Gasteiger partial charge in [0.15, 0.2) is 0 Å². The van der Waals surface area contributed by atoms with Gasteiger partial charge in [0.2, 0.25) is 0 Å². The van der Waals surface area contributed by atoms with Crippen LogP contribution in [0, 0.1) is 0 Å². The van der Waals surface area contributed by atoms with Gasteiger partial charge in [-0.2, -0.15) is 0 Å². The molecule has 14 heavy (non-hydrogen) atoms. The van der Waals surface area contributed by atoms with E-state index in [0.717, 1.165) is 15.6 Å². The fourth-order valence-corrected chi connectivity index (χ4v) is 1.70. The lowest BCUT2D eigenvalue weighted by Crippen LogP contribution is -2.07. The maximum absolute atomic E-state index is 10.8. The second kappa shape index (κ2) is 3.75. The molecule has 0 aliphatic heterocycles. The second-order valence-electron chi connectivity index (χ2n) is 2.79. The molecule has 2 rings (SSSR count). The summed E-state index contributed by atoms with van der Waals surface area (Å²) in [6.07, 6.45) is 3.20. The first-order valence-corrected chi connectivity index (χ1v) is 4.86. The van der Waals surface area contributed by atoms with E-state index in [1.165, 1.54) is 0 Å². The van der Waals surface area contributed by atoms with Gasteiger partial charge in [-0.3, -0.25) is 0 Å². The predicted octanol–water partition coefficient (Wildman–Crippen LogP) is 2.20. The van der Waals surface area contributed by atoms with Crippen LogP contribution in [0.5, 0.6) is 0 Å². The number of nitrogens with zero attached hydrogens (tertiary/aromatic N) is 1. The van der Waals surface area contributed by atoms with Gasteiger partial charge in [-0.05, 0) is 11.6 Å². The predicted molar refractivity (Wildman–Crippen MR) is 58.0 cm³/mol. The number of hydrogen-bond donors (Lipinski definition) is 1. The van der Waals surface area contributed by atoms with Crippen LogP contribution in [0.1, 0.15) is 0 Å². The van der Waals surface area contributed by atoms with Crippen LogP contribution >= 0.6 is 15.9 Å². The number of aromatic nitrogens is 2. The van der Waals surface area contributed by atoms with E-state index in [2.05, 4.69) is 25.9 Å². The number of nitrogens with one attached hydrogen (secondary N) is 1. The van der Waals surface area contributed by atoms with Crippen molar-refractivity contribution < 1.29 is 0 Å². The van der Waals surface area contributed by atoms with Crippen molar-refractivity contribution in [1.29, 1.82) is 0 Å². The SMILES string of the molecule is O=c1ncc(-c2ccccc2Br)c[nH]1. The number of hydrogen-bond acceptors (Lipinski definition) is 2. The van der Waals surface area contributed by atoms with E-state index in [-0.39, 0.29) is 5.69 Å². The Kier molecular flexibility index (Phi) is 2.45. The van der Waals surface area contributed by atoms with Gasteiger partial charge in [-0.1, -0.05) is 34.1 Å². The molecule has 0 saturated carbocycles. The normalized spacial score (nSPS) is 10.1. The third kappa shape index (κ3) is 1.75. The lowest BCUT2D eigenvalue weighted by molar-refractivity contribution is 1.08. The monoisotopic (exact) mass is 250 g/mol. The number of benzene rings is 1. The van der Waals surface area contributed by atoms with E-state index in [1.807, 2.05) is 24.3 Å². The summed E-state index contributed by atoms with van der Waals surface area (Å²) >= 11 is 3.43. The molecule has 1 N–H and O–H groups in total. The van der Waals surface area contributed by atoms with Crippen molar-refractivity contribution in [1.82, 2.24) is 9.97 Å². The maximum Gasteiger partial charge on any atom is 0.344 e. The zero-order valence-electron chi connectivity index (χ0n) is 7.20. The summed E-state index contributed by atoms with van der Waals surface area (Å²) in [6, 6.07) is 7.78. The highest BCUT2D eigenvalue weighted by molar-refractivity contribution is 9.10. The zero-order valence-corrected chi connectivity index (χ0v) is 8.78. The van der Waals surface area contributed by atoms with Gasteiger partial charge in [0.25, 0.3) is 0 Å². The van der Waals surface area contributed by atoms with Crippen LogP contribution in [0.25, 0.3) is 11.1 Å². The minimum Gasteiger partial charge on any atom is -0.312 e. The second-order valence-corrected chi connectivity index (χ2v) is 3.64. The summed E-state index contributed by atoms with van der Waals surface area (Å²) in [5.41, 5.74) is 1.56. The van der Waals surface area contributed by atoms with Gasteiger partial charge in [0.05, 0.1) is 0 Å². The summed E-state index contributed by atoms with van der Waals surface area (Å²) in [5, 5.41) is 0. The summed E-state index contributed by atoms with van der Waals surface area (Å²) < 4.78 is 0.980. The van der Waals surface area contributed by atoms with Crippen molar-refractivity contribution in [2.75, 3.05) is 0 Å². The Morgan fingerprint density at radius 1 is 1.29 bits per heavy atom. The first kappa shape index (κ1) is 9.15. The van der Waals surface area contributed by atoms with Crippen LogP contribution in [0.4, 0.5) is 0 Å². The summed E-state index contributed by atoms with van der Waals surface area (Å²) in [5.74, 6) is 0. The number of H-pyrrole nitrogens is 1. The Balaban J connectivity index is 2.55. The van der Waals surface area contributed by atoms with Crippen LogP contribution in [0.3, 0.4) is 0 Å². The topological polar surface area (TPSA) is 45.8 Å². The van der Waals surface area contributed by atoms with Gasteiger partial charge in [-0.25, -0.2) is 9.78 Å². The standard InChI is InChI=1S/C10H7BrN2O/c11-9-4-2-1-3-8(9)7-5-12-10(14)13-6-7/h1-6H,(H,12,13,14). The fraction of sp³-hybridized carbons (Fsp3) is 0. The van der Waals surface area contributed by atoms with Crippen LogP contribution in [-0.2, 0) is 0 Å². The van der Waals surface area contributed by atoms with E-state index in [0.29, 0.717) is 0 Å².